The minimum atomic E-state index is -0.417. The van der Waals surface area contributed by atoms with E-state index in [0.29, 0.717) is 0 Å². The monoisotopic (exact) mass is 739 g/mol. The number of benzene rings is 3. The number of aliphatic hydroxyl groups is 1. The zero-order valence-corrected chi connectivity index (χ0v) is 29.0. The molecule has 1 aliphatic rings. The van der Waals surface area contributed by atoms with Crippen molar-refractivity contribution < 1.29 is 30.0 Å². The molecule has 4 aromatic rings. The van der Waals surface area contributed by atoms with E-state index in [0.717, 1.165) is 16.8 Å². The Morgan fingerprint density at radius 1 is 0.762 bits per heavy atom. The van der Waals surface area contributed by atoms with Gasteiger partial charge in [0.25, 0.3) is 0 Å². The van der Waals surface area contributed by atoms with Crippen molar-refractivity contribution in [2.75, 3.05) is 0 Å². The van der Waals surface area contributed by atoms with Crippen molar-refractivity contribution >= 4 is 16.7 Å². The van der Waals surface area contributed by atoms with Gasteiger partial charge in [0.15, 0.2) is 5.78 Å². The summed E-state index contributed by atoms with van der Waals surface area (Å²) in [6.07, 6.45) is 1.33. The maximum Gasteiger partial charge on any atom is 0.164 e. The fourth-order valence-corrected chi connectivity index (χ4v) is 5.49. The van der Waals surface area contributed by atoms with Crippen LogP contribution in [0.3, 0.4) is 0 Å². The molecule has 0 unspecified atom stereocenters. The molecule has 0 bridgehead atoms. The van der Waals surface area contributed by atoms with Crippen LogP contribution in [0.5, 0.6) is 0 Å². The van der Waals surface area contributed by atoms with E-state index in [2.05, 4.69) is 100 Å². The Labute approximate surface area is 265 Å². The van der Waals surface area contributed by atoms with Crippen LogP contribution >= 0.6 is 0 Å². The normalized spacial score (nSPS) is 15.4. The van der Waals surface area contributed by atoms with Crippen LogP contribution in [0.25, 0.3) is 22.2 Å². The minimum Gasteiger partial charge on any atom is -0.512 e. The van der Waals surface area contributed by atoms with Crippen molar-refractivity contribution in [3.05, 3.63) is 113 Å². The smallest absolute Gasteiger partial charge is 0.164 e. The van der Waals surface area contributed by atoms with Gasteiger partial charge in [0.05, 0.1) is 5.52 Å². The first kappa shape index (κ1) is 33.4. The van der Waals surface area contributed by atoms with E-state index in [-0.39, 0.29) is 47.9 Å². The predicted molar refractivity (Wildman–Crippen MR) is 171 cm³/mol. The van der Waals surface area contributed by atoms with Crippen LogP contribution in [0, 0.1) is 16.9 Å². The molecule has 0 saturated carbocycles. The molecule has 3 nitrogen and oxygen atoms in total. The molecule has 0 fully saturated rings. The van der Waals surface area contributed by atoms with Gasteiger partial charge in [0.1, 0.15) is 5.76 Å². The first-order chi connectivity index (χ1) is 19.0. The Kier molecular flexibility index (Phi) is 9.47. The van der Waals surface area contributed by atoms with Crippen molar-refractivity contribution in [1.29, 1.82) is 0 Å². The summed E-state index contributed by atoms with van der Waals surface area (Å²) < 4.78 is 0. The van der Waals surface area contributed by atoms with E-state index >= 15 is 0 Å². The van der Waals surface area contributed by atoms with Gasteiger partial charge in [-0.15, -0.1) is 34.9 Å². The number of carbonyl (C=O) groups is 1. The zero-order valence-electron chi connectivity index (χ0n) is 26.6. The Morgan fingerprint density at radius 3 is 1.93 bits per heavy atom. The molecule has 1 aromatic heterocycles. The molecule has 5 rings (SSSR count). The fourth-order valence-electron chi connectivity index (χ4n) is 5.49. The molecule has 1 N–H and O–H groups in total. The summed E-state index contributed by atoms with van der Waals surface area (Å²) >= 11 is 0. The number of carbonyl (C=O) groups excluding carboxylic acids is 1. The molecule has 0 aliphatic heterocycles. The first-order valence-electron chi connectivity index (χ1n) is 14.4. The Bertz CT molecular complexity index is 1630. The van der Waals surface area contributed by atoms with E-state index in [4.69, 9.17) is 4.98 Å². The third-order valence-corrected chi connectivity index (χ3v) is 8.20. The molecule has 42 heavy (non-hydrogen) atoms. The van der Waals surface area contributed by atoms with Crippen molar-refractivity contribution in [3.8, 4) is 11.3 Å². The van der Waals surface area contributed by atoms with Crippen LogP contribution in [-0.2, 0) is 35.7 Å². The fraction of sp³-hybridized carbons (Fsp3) is 0.368. The number of pyridine rings is 1. The topological polar surface area (TPSA) is 50.2 Å². The maximum atomic E-state index is 11.5. The summed E-state index contributed by atoms with van der Waals surface area (Å²) in [7, 11) is 0. The summed E-state index contributed by atoms with van der Waals surface area (Å²) in [5, 5.41) is 10.7. The molecule has 0 saturated heterocycles. The Balaban J connectivity index is 0.000000297. The van der Waals surface area contributed by atoms with Gasteiger partial charge in [-0.1, -0.05) is 124 Å². The van der Waals surface area contributed by atoms with Gasteiger partial charge in [-0.2, -0.15) is 0 Å². The third kappa shape index (κ3) is 6.46. The van der Waals surface area contributed by atoms with Gasteiger partial charge >= 0.3 is 0 Å². The molecular formula is C38H44IrNO2-. The van der Waals surface area contributed by atoms with E-state index in [1.807, 2.05) is 47.6 Å². The summed E-state index contributed by atoms with van der Waals surface area (Å²) in [6.45, 7) is 20.4. The van der Waals surface area contributed by atoms with E-state index < -0.39 is 5.41 Å². The average molecular weight is 739 g/mol. The van der Waals surface area contributed by atoms with Crippen LogP contribution in [0.15, 0.2) is 84.6 Å². The number of para-hydroxylation sites is 1. The third-order valence-electron chi connectivity index (χ3n) is 8.20. The summed E-state index contributed by atoms with van der Waals surface area (Å²) in [4.78, 5) is 16.5. The van der Waals surface area contributed by atoms with Crippen LogP contribution in [-0.4, -0.2) is 15.9 Å². The summed E-state index contributed by atoms with van der Waals surface area (Å²) in [5.41, 5.74) is 7.75. The molecule has 0 amide bonds. The number of hydrogen-bond donors (Lipinski definition) is 1. The number of rotatable bonds is 2. The average Bonchev–Trinajstić information content (AvgIpc) is 2.91. The van der Waals surface area contributed by atoms with Crippen molar-refractivity contribution in [2.45, 2.75) is 80.1 Å². The first-order valence-corrected chi connectivity index (χ1v) is 14.4. The number of nitrogens with zero attached hydrogens (tertiary/aromatic N) is 1. The number of aromatic nitrogens is 1. The largest absolute Gasteiger partial charge is 0.512 e. The number of allylic oxidation sites excluding steroid dienone is 2. The molecular weight excluding hydrogens is 695 g/mol. The standard InChI is InChI=1S/C27H24N.C11H20O2.Ir/c1-26(2)20-12-6-7-13-21(20)27(3,4)25-19(11-9-14-22(25)26)24-17-16-18-10-5-8-15-23(18)28-24;1-10(2,3)8(12)7-9(13)11(4,5)6;/h5-10,12-17H,1-4H3;7,12H,1-6H3;/q-1;;/b;8-7-;. The second-order valence-electron chi connectivity index (χ2n) is 14.2. The predicted octanol–water partition coefficient (Wildman–Crippen LogP) is 9.75. The molecule has 223 valence electrons. The molecule has 3 aromatic carbocycles. The minimum absolute atomic E-state index is 0. The number of aliphatic hydroxyl groups excluding tert-OH is 1. The van der Waals surface area contributed by atoms with Crippen molar-refractivity contribution in [2.24, 2.45) is 10.8 Å². The van der Waals surface area contributed by atoms with Crippen molar-refractivity contribution in [1.82, 2.24) is 4.98 Å². The van der Waals surface area contributed by atoms with Gasteiger partial charge in [-0.3, -0.25) is 9.78 Å². The van der Waals surface area contributed by atoms with Crippen LogP contribution in [0.2, 0.25) is 0 Å². The van der Waals surface area contributed by atoms with Gasteiger partial charge in [-0.05, 0) is 39.1 Å². The zero-order chi connectivity index (χ0) is 30.4. The van der Waals surface area contributed by atoms with E-state index in [9.17, 15) is 9.90 Å². The molecule has 1 heterocycles. The van der Waals surface area contributed by atoms with Gasteiger partial charge < -0.3 is 5.11 Å². The number of ketones is 1. The van der Waals surface area contributed by atoms with Crippen LogP contribution in [0.4, 0.5) is 0 Å². The molecule has 1 radical (unpaired) electrons. The van der Waals surface area contributed by atoms with Crippen molar-refractivity contribution in [3.63, 3.8) is 0 Å². The second kappa shape index (κ2) is 11.9. The summed E-state index contributed by atoms with van der Waals surface area (Å²) in [6, 6.07) is 29.3. The van der Waals surface area contributed by atoms with Gasteiger partial charge in [0, 0.05) is 37.0 Å². The van der Waals surface area contributed by atoms with Gasteiger partial charge in [-0.25, -0.2) is 0 Å². The second-order valence-corrected chi connectivity index (χ2v) is 14.2. The van der Waals surface area contributed by atoms with Crippen LogP contribution < -0.4 is 0 Å². The molecule has 4 heteroatoms. The van der Waals surface area contributed by atoms with E-state index in [1.165, 1.54) is 33.7 Å². The SMILES string of the molecule is CC(C)(C)C(=O)/C=C(\O)C(C)(C)C.CC1(C)c2ccccc2C(C)(C)c2c(-c3ccc4ccccc4n3)[c-]ccc21.[Ir]. The molecule has 0 spiro atoms. The van der Waals surface area contributed by atoms with Gasteiger partial charge in [0.2, 0.25) is 0 Å². The number of hydrogen-bond acceptors (Lipinski definition) is 3. The van der Waals surface area contributed by atoms with Crippen LogP contribution in [0.1, 0.15) is 91.5 Å². The Hall–Kier alpha value is -3.07. The molecule has 1 aliphatic carbocycles. The molecule has 0 atom stereocenters. The quantitative estimate of drug-likeness (QED) is 0.127. The van der Waals surface area contributed by atoms with E-state index in [1.54, 1.807) is 0 Å². The number of fused-ring (bicyclic) bond motifs is 3. The Morgan fingerprint density at radius 2 is 1.33 bits per heavy atom. The summed E-state index contributed by atoms with van der Waals surface area (Å²) in [5.74, 6) is 0.104. The maximum absolute atomic E-state index is 11.5.